The first-order valence-corrected chi connectivity index (χ1v) is 23.2. The zero-order valence-electron chi connectivity index (χ0n) is 38.5. The lowest BCUT2D eigenvalue weighted by Gasteiger charge is -2.72. The second-order valence-electron chi connectivity index (χ2n) is 22.1. The summed E-state index contributed by atoms with van der Waals surface area (Å²) in [5, 5.41) is 109. The van der Waals surface area contributed by atoms with Gasteiger partial charge in [-0.05, 0) is 105 Å². The molecular weight excluding hydrogens is 836 g/mol. The molecule has 7 aliphatic rings. The summed E-state index contributed by atoms with van der Waals surface area (Å²) < 4.78 is 29.6. The Morgan fingerprint density at radius 2 is 1.45 bits per heavy atom. The largest absolute Gasteiger partial charge is 0.479 e. The third kappa shape index (κ3) is 7.46. The molecule has 17 nitrogen and oxygen atoms in total. The zero-order valence-corrected chi connectivity index (χ0v) is 38.5. The zero-order chi connectivity index (χ0) is 47.3. The Kier molecular flexibility index (Phi) is 13.6. The van der Waals surface area contributed by atoms with Crippen LogP contribution in [-0.4, -0.2) is 163 Å². The van der Waals surface area contributed by atoms with Crippen molar-refractivity contribution in [3.05, 3.63) is 23.3 Å². The maximum atomic E-state index is 13.3. The Hall–Kier alpha value is -2.10. The van der Waals surface area contributed by atoms with Crippen LogP contribution in [0.15, 0.2) is 23.3 Å². The number of rotatable bonds is 10. The van der Waals surface area contributed by atoms with Crippen LogP contribution in [0.5, 0.6) is 0 Å². The van der Waals surface area contributed by atoms with Crippen LogP contribution in [0.1, 0.15) is 107 Å². The maximum absolute atomic E-state index is 13.3. The topological polar surface area (TPSA) is 283 Å². The van der Waals surface area contributed by atoms with Crippen LogP contribution >= 0.6 is 0 Å². The van der Waals surface area contributed by atoms with Gasteiger partial charge in [-0.1, -0.05) is 59.3 Å². The fraction of sp³-hybridized carbons (Fsp3) is 0.872. The van der Waals surface area contributed by atoms with Gasteiger partial charge in [0.1, 0.15) is 48.8 Å². The highest BCUT2D eigenvalue weighted by atomic mass is 16.7. The Morgan fingerprint density at radius 1 is 0.781 bits per heavy atom. The number of ether oxygens (including phenoxy) is 5. The summed E-state index contributed by atoms with van der Waals surface area (Å²) in [6.45, 7) is 15.1. The second-order valence-corrected chi connectivity index (χ2v) is 22.1. The van der Waals surface area contributed by atoms with Crippen LogP contribution in [0, 0.1) is 50.2 Å². The van der Waals surface area contributed by atoms with Crippen molar-refractivity contribution >= 4 is 11.9 Å². The van der Waals surface area contributed by atoms with Crippen LogP contribution in [0.2, 0.25) is 0 Å². The summed E-state index contributed by atoms with van der Waals surface area (Å²) in [7, 11) is 0. The highest BCUT2D eigenvalue weighted by Gasteiger charge is 2.72. The molecule has 0 bridgehead atoms. The lowest BCUT2D eigenvalue weighted by atomic mass is 9.33. The average molecular weight is 911 g/mol. The predicted octanol–water partition coefficient (Wildman–Crippen LogP) is 1.31. The summed E-state index contributed by atoms with van der Waals surface area (Å²) in [4.78, 5) is 25.7. The minimum atomic E-state index is -2.01. The molecule has 21 atom stereocenters. The van der Waals surface area contributed by atoms with Crippen LogP contribution in [0.4, 0.5) is 0 Å². The summed E-state index contributed by atoms with van der Waals surface area (Å²) in [6.07, 6.45) is -11.7. The van der Waals surface area contributed by atoms with Crippen molar-refractivity contribution < 1.29 is 84.3 Å². The Balaban J connectivity index is 1.17. The predicted molar refractivity (Wildman–Crippen MR) is 225 cm³/mol. The molecule has 17 heteroatoms. The summed E-state index contributed by atoms with van der Waals surface area (Å²) in [6, 6.07) is 0. The van der Waals surface area contributed by atoms with Crippen molar-refractivity contribution in [3.8, 4) is 0 Å². The summed E-state index contributed by atoms with van der Waals surface area (Å²) in [5.41, 5.74) is -1.84. The molecule has 0 aromatic rings. The van der Waals surface area contributed by atoms with E-state index in [4.69, 9.17) is 23.7 Å². The van der Waals surface area contributed by atoms with E-state index in [0.29, 0.717) is 50.5 Å². The molecule has 0 unspecified atom stereocenters. The van der Waals surface area contributed by atoms with E-state index in [1.165, 1.54) is 5.57 Å². The standard InChI is InChI=1S/C47H74O17/c1-9-22(2)39(59)61-30-18-42(3,4)16-24-23-10-11-27-43(5)14-13-29(44(6,20-49)26(43)12-15-45(27,7)46(23,8)17-28(51)47(24,30)21-50)62-41-35(56)36(34(55)37(64-41)38(57)58)63-40-33(54)32(53)31(52)25(19-48)60-40/h9-10,24-37,40-41,48-56H,11-21H2,1-8H3,(H,57,58)/b22-9+/t24-,25+,26+,27+,28-,29-,30-,31+,32-,33+,34-,35+,36-,37-,40-,41+,43-,44-,45+,46+,47-/m0/s1. The van der Waals surface area contributed by atoms with Crippen molar-refractivity contribution in [2.75, 3.05) is 19.8 Å². The number of esters is 1. The van der Waals surface area contributed by atoms with Gasteiger partial charge in [0.15, 0.2) is 18.7 Å². The Bertz CT molecular complexity index is 1820. The molecule has 2 saturated heterocycles. The number of carboxylic acids is 1. The number of hydrogen-bond donors (Lipinski definition) is 10. The van der Waals surface area contributed by atoms with Crippen molar-refractivity contribution in [1.82, 2.24) is 0 Å². The second kappa shape index (κ2) is 17.5. The third-order valence-corrected chi connectivity index (χ3v) is 18.4. The number of hydrogen-bond acceptors (Lipinski definition) is 16. The van der Waals surface area contributed by atoms with E-state index < -0.39 is 115 Å². The number of carbonyl (C=O) groups excluding carboxylic acids is 1. The first-order valence-electron chi connectivity index (χ1n) is 23.2. The molecule has 0 spiro atoms. The van der Waals surface area contributed by atoms with Gasteiger partial charge in [-0.25, -0.2) is 9.59 Å². The van der Waals surface area contributed by atoms with E-state index >= 15 is 0 Å². The van der Waals surface area contributed by atoms with Crippen LogP contribution in [0.25, 0.3) is 0 Å². The number of carbonyl (C=O) groups is 2. The lowest BCUT2D eigenvalue weighted by Crippen LogP contribution is -2.70. The molecule has 0 radical (unpaired) electrons. The van der Waals surface area contributed by atoms with E-state index in [0.717, 1.165) is 6.42 Å². The first-order chi connectivity index (χ1) is 29.8. The first kappa shape index (κ1) is 49.8. The number of carboxylic acid groups (broad SMARTS) is 1. The smallest absolute Gasteiger partial charge is 0.335 e. The van der Waals surface area contributed by atoms with E-state index in [2.05, 4.69) is 40.7 Å². The molecule has 7 rings (SSSR count). The molecule has 2 aliphatic heterocycles. The molecule has 10 N–H and O–H groups in total. The number of aliphatic carboxylic acids is 1. The highest BCUT2D eigenvalue weighted by Crippen LogP contribution is 2.76. The van der Waals surface area contributed by atoms with Gasteiger partial charge in [0.05, 0.1) is 37.4 Å². The Morgan fingerprint density at radius 3 is 2.06 bits per heavy atom. The van der Waals surface area contributed by atoms with Crippen LogP contribution < -0.4 is 0 Å². The number of fused-ring (bicyclic) bond motifs is 7. The van der Waals surface area contributed by atoms with E-state index in [1.54, 1.807) is 19.9 Å². The maximum Gasteiger partial charge on any atom is 0.335 e. The molecule has 6 fully saturated rings. The van der Waals surface area contributed by atoms with Crippen molar-refractivity contribution in [2.24, 2.45) is 50.2 Å². The molecule has 364 valence electrons. The fourth-order valence-electron chi connectivity index (χ4n) is 14.4. The SMILES string of the molecule is C/C=C(\C)C(=O)O[C@H]1CC(C)(C)C[C@H]2C3=CC[C@@H]4[C@@]5(C)CC[C@H](O[C@@H]6O[C@H](C(=O)O)[C@@H](O)[C@H](O[C@@H]7O[C@H](CO)[C@@H](O)[C@H](O)[C@H]7O)[C@H]6O)[C@@](C)(CO)[C@@H]5CC[C@@]4(C)[C@]3(C)C[C@H](O)[C@@]12CO. The van der Waals surface area contributed by atoms with Crippen molar-refractivity contribution in [2.45, 2.75) is 186 Å². The van der Waals surface area contributed by atoms with Gasteiger partial charge < -0.3 is 74.7 Å². The monoisotopic (exact) mass is 910 g/mol. The molecule has 2 heterocycles. The lowest BCUT2D eigenvalue weighted by molar-refractivity contribution is -0.366. The minimum Gasteiger partial charge on any atom is -0.479 e. The van der Waals surface area contributed by atoms with Gasteiger partial charge in [0, 0.05) is 11.0 Å². The molecular formula is C47H74O17. The van der Waals surface area contributed by atoms with E-state index in [1.807, 2.05) is 6.92 Å². The van der Waals surface area contributed by atoms with Crippen LogP contribution in [0.3, 0.4) is 0 Å². The van der Waals surface area contributed by atoms with Gasteiger partial charge in [0.25, 0.3) is 0 Å². The van der Waals surface area contributed by atoms with Gasteiger partial charge in [0.2, 0.25) is 0 Å². The number of aliphatic hydroxyl groups excluding tert-OH is 9. The Labute approximate surface area is 375 Å². The molecule has 0 aromatic carbocycles. The molecule has 4 saturated carbocycles. The van der Waals surface area contributed by atoms with Crippen molar-refractivity contribution in [3.63, 3.8) is 0 Å². The van der Waals surface area contributed by atoms with E-state index in [9.17, 15) is 60.7 Å². The van der Waals surface area contributed by atoms with Gasteiger partial charge in [-0.3, -0.25) is 0 Å². The number of allylic oxidation sites excluding steroid dienone is 3. The summed E-state index contributed by atoms with van der Waals surface area (Å²) >= 11 is 0. The van der Waals surface area contributed by atoms with E-state index in [-0.39, 0.29) is 47.2 Å². The van der Waals surface area contributed by atoms with Gasteiger partial charge >= 0.3 is 11.9 Å². The highest BCUT2D eigenvalue weighted by molar-refractivity contribution is 5.87. The number of aliphatic hydroxyl groups is 9. The normalized spacial score (nSPS) is 51.4. The summed E-state index contributed by atoms with van der Waals surface area (Å²) in [5.74, 6) is -2.36. The molecule has 64 heavy (non-hydrogen) atoms. The molecule has 5 aliphatic carbocycles. The van der Waals surface area contributed by atoms with Gasteiger partial charge in [-0.15, -0.1) is 0 Å². The average Bonchev–Trinajstić information content (AvgIpc) is 3.23. The fourth-order valence-corrected chi connectivity index (χ4v) is 14.4. The third-order valence-electron chi connectivity index (χ3n) is 18.4. The minimum absolute atomic E-state index is 0.0788. The van der Waals surface area contributed by atoms with Gasteiger partial charge in [-0.2, -0.15) is 0 Å². The molecule has 0 amide bonds. The van der Waals surface area contributed by atoms with Crippen molar-refractivity contribution in [1.29, 1.82) is 0 Å². The quantitative estimate of drug-likeness (QED) is 0.0640. The van der Waals surface area contributed by atoms with Crippen LogP contribution in [-0.2, 0) is 33.3 Å². The molecule has 0 aromatic heterocycles.